The number of hydrogen-bond donors (Lipinski definition) is 3. The van der Waals surface area contributed by atoms with Crippen LogP contribution in [0.1, 0.15) is 23.0 Å². The van der Waals surface area contributed by atoms with Gasteiger partial charge in [0.1, 0.15) is 11.4 Å². The molecule has 0 saturated carbocycles. The van der Waals surface area contributed by atoms with Crippen molar-refractivity contribution >= 4 is 34.0 Å². The number of benzene rings is 1. The average molecular weight is 346 g/mol. The van der Waals surface area contributed by atoms with Gasteiger partial charge in [0.15, 0.2) is 10.8 Å². The van der Waals surface area contributed by atoms with Crippen molar-refractivity contribution in [3.05, 3.63) is 52.4 Å². The molecule has 8 nitrogen and oxygen atoms in total. The summed E-state index contributed by atoms with van der Waals surface area (Å²) in [5, 5.41) is 30.8. The van der Waals surface area contributed by atoms with Crippen molar-refractivity contribution in [1.29, 1.82) is 0 Å². The number of aliphatic hydroxyl groups is 1. The van der Waals surface area contributed by atoms with Gasteiger partial charge < -0.3 is 10.2 Å². The number of nitrogens with one attached hydrogen (secondary N) is 1. The van der Waals surface area contributed by atoms with Crippen LogP contribution in [0.5, 0.6) is 0 Å². The highest BCUT2D eigenvalue weighted by Crippen LogP contribution is 2.21. The van der Waals surface area contributed by atoms with Gasteiger partial charge in [0, 0.05) is 5.38 Å². The molecule has 124 valence electrons. The van der Waals surface area contributed by atoms with Gasteiger partial charge in [-0.25, -0.2) is 9.78 Å². The van der Waals surface area contributed by atoms with Crippen LogP contribution in [0.25, 0.3) is 0 Å². The molecular formula is C15H14N4O4S. The van der Waals surface area contributed by atoms with Crippen molar-refractivity contribution in [3.8, 4) is 0 Å². The van der Waals surface area contributed by atoms with Crippen LogP contribution in [0.15, 0.2) is 51.3 Å². The third-order valence-corrected chi connectivity index (χ3v) is 3.67. The molecule has 0 radical (unpaired) electrons. The number of aryl methyl sites for hydroxylation is 1. The Bertz CT molecular complexity index is 838. The van der Waals surface area contributed by atoms with Crippen molar-refractivity contribution in [2.45, 2.75) is 13.8 Å². The molecule has 9 heteroatoms. The molecule has 1 amide bonds. The lowest BCUT2D eigenvalue weighted by Gasteiger charge is -2.03. The molecule has 0 atom stereocenters. The Kier molecular flexibility index (Phi) is 5.38. The summed E-state index contributed by atoms with van der Waals surface area (Å²) in [5.74, 6) is -2.21. The standard InChI is InChI=1S/C15H14N4O4S/c1-8-7-24-15(16-8)17-13(21)12(9(2)20)19-18-11-6-4-3-5-10(11)14(22)23/h3-7,20H,1-2H3,(H,22,23)(H,16,17,21). The molecule has 0 aliphatic rings. The summed E-state index contributed by atoms with van der Waals surface area (Å²) in [4.78, 5) is 27.4. The number of hydrogen-bond acceptors (Lipinski definition) is 7. The first-order valence-electron chi connectivity index (χ1n) is 6.76. The molecule has 1 aromatic carbocycles. The maximum Gasteiger partial charge on any atom is 0.337 e. The van der Waals surface area contributed by atoms with Crippen LogP contribution in [0.3, 0.4) is 0 Å². The normalized spacial score (nSPS) is 12.1. The lowest BCUT2D eigenvalue weighted by Crippen LogP contribution is -2.14. The summed E-state index contributed by atoms with van der Waals surface area (Å²) in [6, 6.07) is 5.95. The molecule has 24 heavy (non-hydrogen) atoms. The summed E-state index contributed by atoms with van der Waals surface area (Å²) < 4.78 is 0. The molecule has 0 saturated heterocycles. The number of aromatic carboxylic acids is 1. The highest BCUT2D eigenvalue weighted by Gasteiger charge is 2.15. The van der Waals surface area contributed by atoms with Gasteiger partial charge in [-0.2, -0.15) is 0 Å². The lowest BCUT2D eigenvalue weighted by molar-refractivity contribution is -0.113. The molecule has 2 aromatic rings. The number of allylic oxidation sites excluding steroid dienone is 1. The summed E-state index contributed by atoms with van der Waals surface area (Å²) in [6.45, 7) is 3.06. The zero-order chi connectivity index (χ0) is 17.7. The minimum absolute atomic E-state index is 0.0628. The van der Waals surface area contributed by atoms with Crippen LogP contribution in [-0.2, 0) is 4.79 Å². The number of anilines is 1. The predicted octanol–water partition coefficient (Wildman–Crippen LogP) is 3.66. The second kappa shape index (κ2) is 7.47. The summed E-state index contributed by atoms with van der Waals surface area (Å²) >= 11 is 1.23. The first-order chi connectivity index (χ1) is 11.4. The van der Waals surface area contributed by atoms with Crippen LogP contribution < -0.4 is 5.32 Å². The second-order valence-electron chi connectivity index (χ2n) is 4.70. The number of thiazole rings is 1. The van der Waals surface area contributed by atoms with Crippen LogP contribution >= 0.6 is 11.3 Å². The van der Waals surface area contributed by atoms with E-state index < -0.39 is 11.9 Å². The quantitative estimate of drug-likeness (QED) is 0.433. The average Bonchev–Trinajstić information content (AvgIpc) is 2.92. The van der Waals surface area contributed by atoms with Crippen molar-refractivity contribution in [3.63, 3.8) is 0 Å². The Labute approximate surface area is 141 Å². The van der Waals surface area contributed by atoms with Crippen molar-refractivity contribution in [1.82, 2.24) is 4.98 Å². The fraction of sp³-hybridized carbons (Fsp3) is 0.133. The third kappa shape index (κ3) is 4.23. The second-order valence-corrected chi connectivity index (χ2v) is 5.56. The first kappa shape index (κ1) is 17.3. The minimum Gasteiger partial charge on any atom is -0.510 e. The van der Waals surface area contributed by atoms with Crippen molar-refractivity contribution in [2.24, 2.45) is 10.2 Å². The van der Waals surface area contributed by atoms with Crippen LogP contribution in [0.4, 0.5) is 10.8 Å². The zero-order valence-corrected chi connectivity index (χ0v) is 13.7. The number of aromatic nitrogens is 1. The number of carboxylic acid groups (broad SMARTS) is 1. The van der Waals surface area contributed by atoms with E-state index in [0.717, 1.165) is 5.69 Å². The molecule has 3 N–H and O–H groups in total. The molecule has 0 bridgehead atoms. The fourth-order valence-corrected chi connectivity index (χ4v) is 2.38. The third-order valence-electron chi connectivity index (χ3n) is 2.79. The Morgan fingerprint density at radius 2 is 1.96 bits per heavy atom. The van der Waals surface area contributed by atoms with Gasteiger partial charge in [-0.05, 0) is 26.0 Å². The van der Waals surface area contributed by atoms with Gasteiger partial charge in [-0.3, -0.25) is 10.1 Å². The molecule has 0 aliphatic carbocycles. The zero-order valence-electron chi connectivity index (χ0n) is 12.8. The van der Waals surface area contributed by atoms with Gasteiger partial charge >= 0.3 is 5.97 Å². The maximum atomic E-state index is 12.2. The Morgan fingerprint density at radius 1 is 1.25 bits per heavy atom. The molecule has 0 aliphatic heterocycles. The molecule has 0 unspecified atom stereocenters. The van der Waals surface area contributed by atoms with E-state index in [0.29, 0.717) is 5.13 Å². The number of nitrogens with zero attached hydrogens (tertiary/aromatic N) is 3. The molecule has 0 spiro atoms. The number of azo groups is 1. The van der Waals surface area contributed by atoms with E-state index in [1.165, 1.54) is 30.4 Å². The molecule has 2 rings (SSSR count). The molecule has 0 fully saturated rings. The number of aliphatic hydroxyl groups excluding tert-OH is 1. The molecule has 1 heterocycles. The largest absolute Gasteiger partial charge is 0.510 e. The van der Waals surface area contributed by atoms with Gasteiger partial charge in [-0.15, -0.1) is 21.6 Å². The Morgan fingerprint density at radius 3 is 2.54 bits per heavy atom. The summed E-state index contributed by atoms with van der Waals surface area (Å²) in [5.41, 5.74) is 0.426. The summed E-state index contributed by atoms with van der Waals surface area (Å²) in [6.07, 6.45) is 0. The number of carbonyl (C=O) groups is 2. The SMILES string of the molecule is CC(O)=C(N=Nc1ccccc1C(=O)O)C(=O)Nc1nc(C)cs1. The number of carboxylic acids is 1. The van der Waals surface area contributed by atoms with E-state index in [9.17, 15) is 14.7 Å². The number of carbonyl (C=O) groups excluding carboxylic acids is 1. The van der Waals surface area contributed by atoms with E-state index in [-0.39, 0.29) is 22.7 Å². The highest BCUT2D eigenvalue weighted by atomic mass is 32.1. The van der Waals surface area contributed by atoms with E-state index in [4.69, 9.17) is 5.11 Å². The van der Waals surface area contributed by atoms with Crippen LogP contribution in [0, 0.1) is 6.92 Å². The fourth-order valence-electron chi connectivity index (χ4n) is 1.70. The number of rotatable bonds is 5. The highest BCUT2D eigenvalue weighted by molar-refractivity contribution is 7.13. The number of amides is 1. The van der Waals surface area contributed by atoms with Gasteiger partial charge in [0.25, 0.3) is 5.91 Å². The Hall–Kier alpha value is -3.07. The topological polar surface area (TPSA) is 124 Å². The van der Waals surface area contributed by atoms with E-state index >= 15 is 0 Å². The van der Waals surface area contributed by atoms with Crippen LogP contribution in [0.2, 0.25) is 0 Å². The van der Waals surface area contributed by atoms with E-state index in [2.05, 4.69) is 20.5 Å². The predicted molar refractivity (Wildman–Crippen MR) is 88.7 cm³/mol. The van der Waals surface area contributed by atoms with Crippen molar-refractivity contribution < 1.29 is 19.8 Å². The van der Waals surface area contributed by atoms with Gasteiger partial charge in [-0.1, -0.05) is 12.1 Å². The van der Waals surface area contributed by atoms with E-state index in [1.54, 1.807) is 24.4 Å². The minimum atomic E-state index is -1.17. The lowest BCUT2D eigenvalue weighted by atomic mass is 10.2. The first-order valence-corrected chi connectivity index (χ1v) is 7.64. The monoisotopic (exact) mass is 346 g/mol. The van der Waals surface area contributed by atoms with Gasteiger partial charge in [0.05, 0.1) is 11.3 Å². The summed E-state index contributed by atoms with van der Waals surface area (Å²) in [7, 11) is 0. The molecule has 1 aromatic heterocycles. The molecular weight excluding hydrogens is 332 g/mol. The smallest absolute Gasteiger partial charge is 0.337 e. The maximum absolute atomic E-state index is 12.2. The van der Waals surface area contributed by atoms with Gasteiger partial charge in [0.2, 0.25) is 0 Å². The Balaban J connectivity index is 2.25. The van der Waals surface area contributed by atoms with Crippen LogP contribution in [-0.4, -0.2) is 27.1 Å². The van der Waals surface area contributed by atoms with Crippen molar-refractivity contribution in [2.75, 3.05) is 5.32 Å². The van der Waals surface area contributed by atoms with E-state index in [1.807, 2.05) is 0 Å².